The predicted octanol–water partition coefficient (Wildman–Crippen LogP) is 0.137. The number of nitrogens with two attached hydrogens (primary N) is 1. The summed E-state index contributed by atoms with van der Waals surface area (Å²) in [6.45, 7) is 2.99. The molecule has 0 aliphatic carbocycles. The number of amidine groups is 1. The van der Waals surface area contributed by atoms with E-state index in [4.69, 9.17) is 10.5 Å². The topological polar surface area (TPSA) is 73.4 Å². The van der Waals surface area contributed by atoms with E-state index in [1.165, 1.54) is 0 Å². The molecular formula is C9H14N4O. The molecule has 1 aromatic rings. The van der Waals surface area contributed by atoms with Crippen molar-refractivity contribution in [2.75, 3.05) is 20.3 Å². The molecule has 0 atom stereocenters. The first-order valence-corrected chi connectivity index (χ1v) is 4.32. The Bertz CT molecular complexity index is 307. The van der Waals surface area contributed by atoms with Gasteiger partial charge in [0, 0.05) is 19.5 Å². The average Bonchev–Trinajstić information content (AvgIpc) is 2.19. The van der Waals surface area contributed by atoms with Crippen LogP contribution in [0.1, 0.15) is 11.4 Å². The van der Waals surface area contributed by atoms with E-state index >= 15 is 0 Å². The largest absolute Gasteiger partial charge is 0.383 e. The van der Waals surface area contributed by atoms with Crippen molar-refractivity contribution in [3.8, 4) is 0 Å². The molecule has 0 spiro atoms. The molecule has 1 heterocycles. The first-order valence-electron chi connectivity index (χ1n) is 4.32. The molecule has 0 aromatic carbocycles. The minimum absolute atomic E-state index is 0.349. The van der Waals surface area contributed by atoms with Crippen molar-refractivity contribution in [1.29, 1.82) is 0 Å². The van der Waals surface area contributed by atoms with E-state index in [0.717, 1.165) is 5.56 Å². The third-order valence-electron chi connectivity index (χ3n) is 1.59. The highest BCUT2D eigenvalue weighted by Crippen LogP contribution is 1.93. The lowest BCUT2D eigenvalue weighted by Crippen LogP contribution is -2.18. The van der Waals surface area contributed by atoms with Gasteiger partial charge in [-0.2, -0.15) is 0 Å². The number of ether oxygens (including phenoxy) is 1. The van der Waals surface area contributed by atoms with Gasteiger partial charge in [-0.3, -0.25) is 4.99 Å². The summed E-state index contributed by atoms with van der Waals surface area (Å²) in [6.07, 6.45) is 3.42. The van der Waals surface area contributed by atoms with E-state index in [0.29, 0.717) is 24.8 Å². The van der Waals surface area contributed by atoms with Crippen molar-refractivity contribution < 1.29 is 4.74 Å². The van der Waals surface area contributed by atoms with Crippen LogP contribution >= 0.6 is 0 Å². The van der Waals surface area contributed by atoms with Crippen LogP contribution in [0.15, 0.2) is 17.4 Å². The minimum Gasteiger partial charge on any atom is -0.383 e. The Balaban J connectivity index is 2.64. The SMILES string of the molecule is COCCN=C(N)c1ncc(C)cn1. The van der Waals surface area contributed by atoms with Gasteiger partial charge in [0.1, 0.15) is 0 Å². The molecule has 0 saturated heterocycles. The number of hydrogen-bond donors (Lipinski definition) is 1. The second kappa shape index (κ2) is 5.29. The third-order valence-corrected chi connectivity index (χ3v) is 1.59. The predicted molar refractivity (Wildman–Crippen MR) is 54.2 cm³/mol. The van der Waals surface area contributed by atoms with E-state index in [1.807, 2.05) is 6.92 Å². The first-order chi connectivity index (χ1) is 6.74. The van der Waals surface area contributed by atoms with Crippen molar-refractivity contribution >= 4 is 5.84 Å². The number of aryl methyl sites for hydroxylation is 1. The molecule has 0 fully saturated rings. The Morgan fingerprint density at radius 2 is 2.14 bits per heavy atom. The van der Waals surface area contributed by atoms with Crippen molar-refractivity contribution in [3.05, 3.63) is 23.8 Å². The molecule has 1 rings (SSSR count). The molecule has 0 aliphatic heterocycles. The van der Waals surface area contributed by atoms with Gasteiger partial charge in [-0.15, -0.1) is 0 Å². The van der Waals surface area contributed by atoms with Crippen molar-refractivity contribution in [3.63, 3.8) is 0 Å². The van der Waals surface area contributed by atoms with Crippen LogP contribution in [0.4, 0.5) is 0 Å². The quantitative estimate of drug-likeness (QED) is 0.420. The fourth-order valence-corrected chi connectivity index (χ4v) is 0.853. The molecule has 0 aliphatic rings. The number of nitrogens with zero attached hydrogens (tertiary/aromatic N) is 3. The Labute approximate surface area is 83.0 Å². The number of rotatable bonds is 4. The highest BCUT2D eigenvalue weighted by atomic mass is 16.5. The fraction of sp³-hybridized carbons (Fsp3) is 0.444. The van der Waals surface area contributed by atoms with Gasteiger partial charge in [0.15, 0.2) is 11.7 Å². The van der Waals surface area contributed by atoms with Gasteiger partial charge >= 0.3 is 0 Å². The molecule has 2 N–H and O–H groups in total. The van der Waals surface area contributed by atoms with Gasteiger partial charge in [-0.25, -0.2) is 9.97 Å². The third kappa shape index (κ3) is 3.10. The highest BCUT2D eigenvalue weighted by Gasteiger charge is 1.99. The first kappa shape index (κ1) is 10.6. The van der Waals surface area contributed by atoms with Crippen LogP contribution in [0, 0.1) is 6.92 Å². The highest BCUT2D eigenvalue weighted by molar-refractivity contribution is 5.93. The molecule has 0 bridgehead atoms. The maximum absolute atomic E-state index is 5.66. The van der Waals surface area contributed by atoms with E-state index in [-0.39, 0.29) is 0 Å². The van der Waals surface area contributed by atoms with E-state index in [2.05, 4.69) is 15.0 Å². The second-order valence-electron chi connectivity index (χ2n) is 2.84. The minimum atomic E-state index is 0.349. The van der Waals surface area contributed by atoms with Crippen molar-refractivity contribution in [1.82, 2.24) is 9.97 Å². The summed E-state index contributed by atoms with van der Waals surface area (Å²) in [5.41, 5.74) is 6.65. The molecule has 76 valence electrons. The van der Waals surface area contributed by atoms with Gasteiger partial charge < -0.3 is 10.5 Å². The molecular weight excluding hydrogens is 180 g/mol. The number of aromatic nitrogens is 2. The zero-order chi connectivity index (χ0) is 10.4. The zero-order valence-corrected chi connectivity index (χ0v) is 8.40. The van der Waals surface area contributed by atoms with Crippen LogP contribution in [-0.2, 0) is 4.74 Å². The summed E-state index contributed by atoms with van der Waals surface area (Å²) in [4.78, 5) is 12.2. The van der Waals surface area contributed by atoms with Crippen LogP contribution in [0.2, 0.25) is 0 Å². The normalized spacial score (nSPS) is 11.7. The van der Waals surface area contributed by atoms with E-state index in [1.54, 1.807) is 19.5 Å². The van der Waals surface area contributed by atoms with Crippen LogP contribution in [0.5, 0.6) is 0 Å². The second-order valence-corrected chi connectivity index (χ2v) is 2.84. The summed E-state index contributed by atoms with van der Waals surface area (Å²) in [5.74, 6) is 0.814. The molecule has 0 saturated carbocycles. The van der Waals surface area contributed by atoms with Gasteiger partial charge in [0.05, 0.1) is 13.2 Å². The molecule has 5 heteroatoms. The number of hydrogen-bond acceptors (Lipinski definition) is 4. The van der Waals surface area contributed by atoms with Crippen LogP contribution < -0.4 is 5.73 Å². The standard InChI is InChI=1S/C9H14N4O/c1-7-5-12-9(13-6-7)8(10)11-3-4-14-2/h5-6H,3-4H2,1-2H3,(H2,10,11). The Morgan fingerprint density at radius 1 is 1.50 bits per heavy atom. The Kier molecular flexibility index (Phi) is 4.00. The smallest absolute Gasteiger partial charge is 0.194 e. The fourth-order valence-electron chi connectivity index (χ4n) is 0.853. The average molecular weight is 194 g/mol. The van der Waals surface area contributed by atoms with Crippen molar-refractivity contribution in [2.45, 2.75) is 6.92 Å². The van der Waals surface area contributed by atoms with Gasteiger partial charge in [0.25, 0.3) is 0 Å². The molecule has 0 unspecified atom stereocenters. The summed E-state index contributed by atoms with van der Waals surface area (Å²) < 4.78 is 4.84. The molecule has 14 heavy (non-hydrogen) atoms. The number of aliphatic imine (C=N–C) groups is 1. The monoisotopic (exact) mass is 194 g/mol. The maximum Gasteiger partial charge on any atom is 0.194 e. The Morgan fingerprint density at radius 3 is 2.71 bits per heavy atom. The van der Waals surface area contributed by atoms with E-state index < -0.39 is 0 Å². The Hall–Kier alpha value is -1.49. The lowest BCUT2D eigenvalue weighted by atomic mass is 10.4. The molecule has 5 nitrogen and oxygen atoms in total. The van der Waals surface area contributed by atoms with Crippen molar-refractivity contribution in [2.24, 2.45) is 10.7 Å². The molecule has 1 aromatic heterocycles. The molecule has 0 amide bonds. The molecule has 0 radical (unpaired) electrons. The summed E-state index contributed by atoms with van der Waals surface area (Å²) in [6, 6.07) is 0. The zero-order valence-electron chi connectivity index (χ0n) is 8.40. The van der Waals surface area contributed by atoms with Crippen LogP contribution in [-0.4, -0.2) is 36.1 Å². The van der Waals surface area contributed by atoms with Crippen LogP contribution in [0.3, 0.4) is 0 Å². The summed E-state index contributed by atoms with van der Waals surface area (Å²) in [7, 11) is 1.62. The maximum atomic E-state index is 5.66. The summed E-state index contributed by atoms with van der Waals surface area (Å²) >= 11 is 0. The lowest BCUT2D eigenvalue weighted by molar-refractivity contribution is 0.208. The lowest BCUT2D eigenvalue weighted by Gasteiger charge is -1.99. The van der Waals surface area contributed by atoms with Gasteiger partial charge in [-0.1, -0.05) is 0 Å². The summed E-state index contributed by atoms with van der Waals surface area (Å²) in [5, 5.41) is 0. The van der Waals surface area contributed by atoms with Crippen LogP contribution in [0.25, 0.3) is 0 Å². The van der Waals surface area contributed by atoms with E-state index in [9.17, 15) is 0 Å². The van der Waals surface area contributed by atoms with Gasteiger partial charge in [-0.05, 0) is 12.5 Å². The van der Waals surface area contributed by atoms with Gasteiger partial charge in [0.2, 0.25) is 0 Å². The number of methoxy groups -OCH3 is 1.